The second-order valence-corrected chi connectivity index (χ2v) is 5.35. The predicted octanol–water partition coefficient (Wildman–Crippen LogP) is 3.12. The molecule has 0 aliphatic heterocycles. The molecule has 1 aromatic carbocycles. The molecule has 2 N–H and O–H groups in total. The minimum absolute atomic E-state index is 0.201. The highest BCUT2D eigenvalue weighted by Crippen LogP contribution is 2.21. The maximum atomic E-state index is 12.5. The van der Waals surface area contributed by atoms with Gasteiger partial charge in [0.05, 0.1) is 0 Å². The van der Waals surface area contributed by atoms with Crippen molar-refractivity contribution in [2.75, 3.05) is 11.9 Å². The number of hydrogen-bond donors (Lipinski definition) is 2. The van der Waals surface area contributed by atoms with Crippen LogP contribution in [0.25, 0.3) is 0 Å². The minimum atomic E-state index is -0.336. The number of para-hydroxylation sites is 1. The van der Waals surface area contributed by atoms with E-state index in [-0.39, 0.29) is 17.5 Å². The van der Waals surface area contributed by atoms with Crippen molar-refractivity contribution in [3.8, 4) is 0 Å². The highest BCUT2D eigenvalue weighted by atomic mass is 16.2. The smallest absolute Gasteiger partial charge is 0.274 e. The van der Waals surface area contributed by atoms with E-state index >= 15 is 0 Å². The summed E-state index contributed by atoms with van der Waals surface area (Å²) in [5.41, 5.74) is 3.43. The standard InChI is InChI=1S/C19H21N3O2/c1-4-10-21-18(23)15-9-11-20-16(12-15)19(24)22-17-13(3)7-6-8-14(17)5-2/h4,6-9,11-12H,1,5,10H2,2-3H3,(H,21,23)(H,22,24). The average molecular weight is 323 g/mol. The van der Waals surface area contributed by atoms with Crippen LogP contribution in [-0.4, -0.2) is 23.3 Å². The lowest BCUT2D eigenvalue weighted by atomic mass is 10.1. The summed E-state index contributed by atoms with van der Waals surface area (Å²) in [6.07, 6.45) is 3.86. The lowest BCUT2D eigenvalue weighted by molar-refractivity contribution is 0.0958. The quantitative estimate of drug-likeness (QED) is 0.802. The molecule has 5 heteroatoms. The van der Waals surface area contributed by atoms with Crippen molar-refractivity contribution < 1.29 is 9.59 Å². The van der Waals surface area contributed by atoms with Crippen molar-refractivity contribution in [2.45, 2.75) is 20.3 Å². The Kier molecular flexibility index (Phi) is 5.84. The molecule has 0 spiro atoms. The number of rotatable bonds is 6. The Bertz CT molecular complexity index is 769. The number of anilines is 1. The highest BCUT2D eigenvalue weighted by molar-refractivity contribution is 6.05. The fourth-order valence-electron chi connectivity index (χ4n) is 2.34. The van der Waals surface area contributed by atoms with Gasteiger partial charge in [-0.05, 0) is 36.6 Å². The molecule has 0 saturated heterocycles. The molecule has 124 valence electrons. The van der Waals surface area contributed by atoms with Gasteiger partial charge in [0.2, 0.25) is 0 Å². The summed E-state index contributed by atoms with van der Waals surface area (Å²) in [7, 11) is 0. The Balaban J connectivity index is 2.22. The summed E-state index contributed by atoms with van der Waals surface area (Å²) in [6, 6.07) is 8.95. The van der Waals surface area contributed by atoms with Gasteiger partial charge in [-0.1, -0.05) is 31.2 Å². The number of carbonyl (C=O) groups is 2. The zero-order valence-corrected chi connectivity index (χ0v) is 13.9. The molecule has 0 unspecified atom stereocenters. The summed E-state index contributed by atoms with van der Waals surface area (Å²) in [5.74, 6) is -0.603. The van der Waals surface area contributed by atoms with Crippen LogP contribution in [0.3, 0.4) is 0 Å². The van der Waals surface area contributed by atoms with E-state index in [2.05, 4.69) is 22.2 Å². The SMILES string of the molecule is C=CCNC(=O)c1ccnc(C(=O)Nc2c(C)cccc2CC)c1. The maximum absolute atomic E-state index is 12.5. The number of carbonyl (C=O) groups excluding carboxylic acids is 2. The first-order valence-electron chi connectivity index (χ1n) is 7.81. The van der Waals surface area contributed by atoms with Gasteiger partial charge in [0.25, 0.3) is 11.8 Å². The fourth-order valence-corrected chi connectivity index (χ4v) is 2.34. The third-order valence-corrected chi connectivity index (χ3v) is 3.64. The summed E-state index contributed by atoms with van der Waals surface area (Å²) < 4.78 is 0. The van der Waals surface area contributed by atoms with Gasteiger partial charge in [-0.2, -0.15) is 0 Å². The summed E-state index contributed by atoms with van der Waals surface area (Å²) in [4.78, 5) is 28.5. The van der Waals surface area contributed by atoms with Crippen LogP contribution < -0.4 is 10.6 Å². The van der Waals surface area contributed by atoms with Crippen LogP contribution in [0.5, 0.6) is 0 Å². The molecule has 2 amide bonds. The van der Waals surface area contributed by atoms with Gasteiger partial charge >= 0.3 is 0 Å². The van der Waals surface area contributed by atoms with E-state index in [0.29, 0.717) is 12.1 Å². The molecule has 0 bridgehead atoms. The van der Waals surface area contributed by atoms with Crippen LogP contribution in [0, 0.1) is 6.92 Å². The Hall–Kier alpha value is -2.95. The second-order valence-electron chi connectivity index (χ2n) is 5.35. The first-order valence-corrected chi connectivity index (χ1v) is 7.81. The normalized spacial score (nSPS) is 10.1. The van der Waals surface area contributed by atoms with Gasteiger partial charge in [0.15, 0.2) is 0 Å². The van der Waals surface area contributed by atoms with Gasteiger partial charge < -0.3 is 10.6 Å². The van der Waals surface area contributed by atoms with Crippen molar-refractivity contribution >= 4 is 17.5 Å². The Morgan fingerprint density at radius 1 is 1.25 bits per heavy atom. The van der Waals surface area contributed by atoms with E-state index < -0.39 is 0 Å². The third kappa shape index (κ3) is 4.07. The summed E-state index contributed by atoms with van der Waals surface area (Å²) >= 11 is 0. The predicted molar refractivity (Wildman–Crippen MR) is 95.3 cm³/mol. The molecule has 0 radical (unpaired) electrons. The highest BCUT2D eigenvalue weighted by Gasteiger charge is 2.14. The zero-order valence-electron chi connectivity index (χ0n) is 13.9. The van der Waals surface area contributed by atoms with Crippen LogP contribution in [0.4, 0.5) is 5.69 Å². The number of nitrogens with zero attached hydrogens (tertiary/aromatic N) is 1. The first kappa shape index (κ1) is 17.4. The van der Waals surface area contributed by atoms with Gasteiger partial charge in [-0.3, -0.25) is 14.6 Å². The Morgan fingerprint density at radius 3 is 2.75 bits per heavy atom. The molecule has 5 nitrogen and oxygen atoms in total. The van der Waals surface area contributed by atoms with Crippen LogP contribution in [0.1, 0.15) is 38.9 Å². The first-order chi connectivity index (χ1) is 11.6. The van der Waals surface area contributed by atoms with Crippen LogP contribution >= 0.6 is 0 Å². The molecule has 0 saturated carbocycles. The van der Waals surface area contributed by atoms with Gasteiger partial charge in [-0.15, -0.1) is 6.58 Å². The van der Waals surface area contributed by atoms with Crippen molar-refractivity contribution in [1.82, 2.24) is 10.3 Å². The van der Waals surface area contributed by atoms with Gasteiger partial charge in [-0.25, -0.2) is 0 Å². The monoisotopic (exact) mass is 323 g/mol. The van der Waals surface area contributed by atoms with E-state index in [9.17, 15) is 9.59 Å². The molecule has 2 aromatic rings. The molecule has 0 aliphatic carbocycles. The summed E-state index contributed by atoms with van der Waals surface area (Å²) in [6.45, 7) is 7.90. The number of aromatic nitrogens is 1. The largest absolute Gasteiger partial charge is 0.349 e. The van der Waals surface area contributed by atoms with E-state index in [4.69, 9.17) is 0 Å². The van der Waals surface area contributed by atoms with Crippen molar-refractivity contribution in [3.63, 3.8) is 0 Å². The molecular formula is C19H21N3O2. The number of pyridine rings is 1. The second kappa shape index (κ2) is 8.06. The molecule has 2 rings (SSSR count). The molecule has 0 aliphatic rings. The lowest BCUT2D eigenvalue weighted by Crippen LogP contribution is -2.24. The molecule has 0 fully saturated rings. The minimum Gasteiger partial charge on any atom is -0.349 e. The van der Waals surface area contributed by atoms with Gasteiger partial charge in [0, 0.05) is 24.0 Å². The molecule has 0 atom stereocenters. The molecule has 1 aromatic heterocycles. The molecule has 24 heavy (non-hydrogen) atoms. The van der Waals surface area contributed by atoms with Gasteiger partial charge in [0.1, 0.15) is 5.69 Å². The van der Waals surface area contributed by atoms with E-state index in [0.717, 1.165) is 23.2 Å². The van der Waals surface area contributed by atoms with Crippen LogP contribution in [0.15, 0.2) is 49.2 Å². The third-order valence-electron chi connectivity index (χ3n) is 3.64. The van der Waals surface area contributed by atoms with E-state index in [1.165, 1.54) is 12.3 Å². The van der Waals surface area contributed by atoms with Crippen molar-refractivity contribution in [3.05, 3.63) is 71.6 Å². The maximum Gasteiger partial charge on any atom is 0.274 e. The van der Waals surface area contributed by atoms with Crippen molar-refractivity contribution in [1.29, 1.82) is 0 Å². The Labute approximate surface area is 141 Å². The van der Waals surface area contributed by atoms with Crippen molar-refractivity contribution in [2.24, 2.45) is 0 Å². The van der Waals surface area contributed by atoms with Crippen LogP contribution in [-0.2, 0) is 6.42 Å². The Morgan fingerprint density at radius 2 is 2.04 bits per heavy atom. The average Bonchev–Trinajstić information content (AvgIpc) is 2.61. The fraction of sp³-hybridized carbons (Fsp3) is 0.211. The topological polar surface area (TPSA) is 71.1 Å². The zero-order chi connectivity index (χ0) is 17.5. The molecule has 1 heterocycles. The molecular weight excluding hydrogens is 302 g/mol. The van der Waals surface area contributed by atoms with Crippen LogP contribution in [0.2, 0.25) is 0 Å². The number of amides is 2. The van der Waals surface area contributed by atoms with E-state index in [1.54, 1.807) is 12.1 Å². The van der Waals surface area contributed by atoms with E-state index in [1.807, 2.05) is 32.0 Å². The number of benzene rings is 1. The lowest BCUT2D eigenvalue weighted by Gasteiger charge is -2.13. The number of nitrogens with one attached hydrogen (secondary N) is 2. The summed E-state index contributed by atoms with van der Waals surface area (Å²) in [5, 5.41) is 5.58. The number of hydrogen-bond acceptors (Lipinski definition) is 3. The number of aryl methyl sites for hydroxylation is 2.